The van der Waals surface area contributed by atoms with E-state index in [-0.39, 0.29) is 0 Å². The van der Waals surface area contributed by atoms with Crippen LogP contribution in [0.2, 0.25) is 0 Å². The van der Waals surface area contributed by atoms with Crippen molar-refractivity contribution in [3.05, 3.63) is 12.2 Å². The Balaban J connectivity index is 1.44. The highest BCUT2D eigenvalue weighted by atomic mass is 16.7. The Morgan fingerprint density at radius 1 is 1.20 bits per heavy atom. The van der Waals surface area contributed by atoms with Gasteiger partial charge in [0.25, 0.3) is 0 Å². The fourth-order valence-corrected chi connectivity index (χ4v) is 6.23. The first-order valence-electron chi connectivity index (χ1n) is 10.4. The quantitative estimate of drug-likeness (QED) is 0.732. The minimum absolute atomic E-state index is 0.396. The molecule has 0 aromatic rings. The van der Waals surface area contributed by atoms with Gasteiger partial charge in [0.2, 0.25) is 0 Å². The van der Waals surface area contributed by atoms with Crippen molar-refractivity contribution in [2.45, 2.75) is 45.1 Å². The second-order valence-corrected chi connectivity index (χ2v) is 9.19. The molecule has 0 radical (unpaired) electrons. The molecule has 0 spiro atoms. The monoisotopic (exact) mass is 348 g/mol. The van der Waals surface area contributed by atoms with Gasteiger partial charge in [0.05, 0.1) is 12.7 Å². The van der Waals surface area contributed by atoms with Crippen LogP contribution in [-0.4, -0.2) is 69.1 Å². The SMILES string of the molecule is C=C1CCC2C3COCOC3CCC2(C)C1CCN1CCN(C)CC1. The van der Waals surface area contributed by atoms with Crippen LogP contribution >= 0.6 is 0 Å². The zero-order valence-electron chi connectivity index (χ0n) is 16.2. The van der Waals surface area contributed by atoms with E-state index in [2.05, 4.69) is 30.4 Å². The smallest absolute Gasteiger partial charge is 0.147 e. The molecule has 2 aliphatic carbocycles. The van der Waals surface area contributed by atoms with E-state index in [0.717, 1.165) is 12.5 Å². The number of piperazine rings is 1. The van der Waals surface area contributed by atoms with Gasteiger partial charge in [-0.3, -0.25) is 0 Å². The maximum atomic E-state index is 5.95. The van der Waals surface area contributed by atoms with Crippen molar-refractivity contribution in [1.82, 2.24) is 9.80 Å². The number of fused-ring (bicyclic) bond motifs is 3. The molecule has 4 fully saturated rings. The third kappa shape index (κ3) is 3.43. The standard InChI is InChI=1S/C21H36N2O2/c1-16-4-5-19-17-14-24-15-25-20(17)6-8-21(19,2)18(16)7-9-23-12-10-22(3)11-13-23/h17-20H,1,4-15H2,2-3H3. The van der Waals surface area contributed by atoms with Gasteiger partial charge < -0.3 is 19.3 Å². The van der Waals surface area contributed by atoms with Gasteiger partial charge in [-0.1, -0.05) is 19.1 Å². The molecule has 2 saturated heterocycles. The maximum Gasteiger partial charge on any atom is 0.147 e. The molecule has 4 heteroatoms. The lowest BCUT2D eigenvalue weighted by atomic mass is 9.50. The van der Waals surface area contributed by atoms with Gasteiger partial charge >= 0.3 is 0 Å². The first-order valence-corrected chi connectivity index (χ1v) is 10.4. The molecule has 0 aromatic heterocycles. The fraction of sp³-hybridized carbons (Fsp3) is 0.905. The number of likely N-dealkylation sites (N-methyl/N-ethyl adjacent to an activating group) is 1. The van der Waals surface area contributed by atoms with Crippen LogP contribution in [0.5, 0.6) is 0 Å². The van der Waals surface area contributed by atoms with Gasteiger partial charge in [-0.25, -0.2) is 0 Å². The summed E-state index contributed by atoms with van der Waals surface area (Å²) in [5.74, 6) is 2.02. The van der Waals surface area contributed by atoms with Crippen LogP contribution in [0.3, 0.4) is 0 Å². The Morgan fingerprint density at radius 2 is 2.00 bits per heavy atom. The Morgan fingerprint density at radius 3 is 2.80 bits per heavy atom. The van der Waals surface area contributed by atoms with Crippen LogP contribution in [0.1, 0.15) is 39.0 Å². The summed E-state index contributed by atoms with van der Waals surface area (Å²) < 4.78 is 11.6. The highest BCUT2D eigenvalue weighted by Gasteiger charge is 2.53. The van der Waals surface area contributed by atoms with Crippen molar-refractivity contribution in [2.24, 2.45) is 23.2 Å². The lowest BCUT2D eigenvalue weighted by Gasteiger charge is -2.57. The fourth-order valence-electron chi connectivity index (χ4n) is 6.23. The molecule has 5 unspecified atom stereocenters. The van der Waals surface area contributed by atoms with Crippen LogP contribution in [0.15, 0.2) is 12.2 Å². The lowest BCUT2D eigenvalue weighted by Crippen LogP contribution is -2.54. The average molecular weight is 349 g/mol. The predicted octanol–water partition coefficient (Wildman–Crippen LogP) is 3.00. The second-order valence-electron chi connectivity index (χ2n) is 9.19. The summed E-state index contributed by atoms with van der Waals surface area (Å²) in [6, 6.07) is 0. The van der Waals surface area contributed by atoms with Crippen molar-refractivity contribution in [2.75, 3.05) is 53.2 Å². The molecule has 0 amide bonds. The minimum Gasteiger partial charge on any atom is -0.355 e. The van der Waals surface area contributed by atoms with E-state index in [1.54, 1.807) is 0 Å². The number of hydrogen-bond acceptors (Lipinski definition) is 4. The summed E-state index contributed by atoms with van der Waals surface area (Å²) in [7, 11) is 2.23. The topological polar surface area (TPSA) is 24.9 Å². The molecule has 0 bridgehead atoms. The zero-order valence-corrected chi connectivity index (χ0v) is 16.2. The molecule has 2 heterocycles. The molecule has 4 nitrogen and oxygen atoms in total. The van der Waals surface area contributed by atoms with E-state index in [1.807, 2.05) is 0 Å². The third-order valence-electron chi connectivity index (χ3n) is 7.88. The van der Waals surface area contributed by atoms with E-state index < -0.39 is 0 Å². The van der Waals surface area contributed by atoms with Gasteiger partial charge in [-0.15, -0.1) is 0 Å². The number of allylic oxidation sites excluding steroid dienone is 1. The molecule has 4 aliphatic rings. The number of hydrogen-bond donors (Lipinski definition) is 0. The van der Waals surface area contributed by atoms with Gasteiger partial charge in [0, 0.05) is 32.1 Å². The van der Waals surface area contributed by atoms with E-state index in [1.165, 1.54) is 70.4 Å². The summed E-state index contributed by atoms with van der Waals surface area (Å²) in [5.41, 5.74) is 1.91. The third-order valence-corrected chi connectivity index (χ3v) is 7.88. The van der Waals surface area contributed by atoms with Gasteiger partial charge in [0.1, 0.15) is 6.79 Å². The van der Waals surface area contributed by atoms with Crippen LogP contribution in [0.25, 0.3) is 0 Å². The summed E-state index contributed by atoms with van der Waals surface area (Å²) in [6.45, 7) is 14.6. The van der Waals surface area contributed by atoms with Crippen molar-refractivity contribution in [1.29, 1.82) is 0 Å². The number of rotatable bonds is 3. The Bertz CT molecular complexity index is 488. The average Bonchev–Trinajstić information content (AvgIpc) is 2.62. The number of nitrogens with zero attached hydrogens (tertiary/aromatic N) is 2. The Labute approximate surface area is 153 Å². The van der Waals surface area contributed by atoms with E-state index in [4.69, 9.17) is 9.47 Å². The van der Waals surface area contributed by atoms with Crippen molar-refractivity contribution in [3.8, 4) is 0 Å². The lowest BCUT2D eigenvalue weighted by molar-refractivity contribution is -0.218. The molecular weight excluding hydrogens is 312 g/mol. The molecule has 2 saturated carbocycles. The van der Waals surface area contributed by atoms with Crippen LogP contribution < -0.4 is 0 Å². The van der Waals surface area contributed by atoms with E-state index in [9.17, 15) is 0 Å². The summed E-state index contributed by atoms with van der Waals surface area (Å²) >= 11 is 0. The van der Waals surface area contributed by atoms with Gasteiger partial charge in [-0.2, -0.15) is 0 Å². The van der Waals surface area contributed by atoms with Crippen LogP contribution in [0.4, 0.5) is 0 Å². The summed E-state index contributed by atoms with van der Waals surface area (Å²) in [6.07, 6.45) is 6.72. The maximum absolute atomic E-state index is 5.95. The highest BCUT2D eigenvalue weighted by molar-refractivity contribution is 5.15. The van der Waals surface area contributed by atoms with Crippen molar-refractivity contribution in [3.63, 3.8) is 0 Å². The highest BCUT2D eigenvalue weighted by Crippen LogP contribution is 2.58. The molecular formula is C21H36N2O2. The molecule has 5 atom stereocenters. The van der Waals surface area contributed by atoms with Crippen molar-refractivity contribution >= 4 is 0 Å². The first-order chi connectivity index (χ1) is 12.1. The minimum atomic E-state index is 0.396. The summed E-state index contributed by atoms with van der Waals surface area (Å²) in [5, 5.41) is 0. The predicted molar refractivity (Wildman–Crippen MR) is 100 cm³/mol. The van der Waals surface area contributed by atoms with E-state index in [0.29, 0.717) is 30.1 Å². The van der Waals surface area contributed by atoms with Crippen LogP contribution in [0, 0.1) is 23.2 Å². The molecule has 0 N–H and O–H groups in total. The largest absolute Gasteiger partial charge is 0.355 e. The van der Waals surface area contributed by atoms with Gasteiger partial charge in [0.15, 0.2) is 0 Å². The first kappa shape index (κ1) is 18.0. The molecule has 142 valence electrons. The van der Waals surface area contributed by atoms with Gasteiger partial charge in [-0.05, 0) is 62.9 Å². The van der Waals surface area contributed by atoms with Crippen LogP contribution in [-0.2, 0) is 9.47 Å². The summed E-state index contributed by atoms with van der Waals surface area (Å²) in [4.78, 5) is 5.11. The molecule has 25 heavy (non-hydrogen) atoms. The molecule has 2 aliphatic heterocycles. The second kappa shape index (κ2) is 7.30. The molecule has 4 rings (SSSR count). The zero-order chi connectivity index (χ0) is 17.4. The van der Waals surface area contributed by atoms with E-state index >= 15 is 0 Å². The van der Waals surface area contributed by atoms with Crippen molar-refractivity contribution < 1.29 is 9.47 Å². The Hall–Kier alpha value is -0.420. The normalized spacial score (nSPS) is 43.5. The number of ether oxygens (including phenoxy) is 2. The Kier molecular flexibility index (Phi) is 5.25. The molecule has 0 aromatic carbocycles.